The van der Waals surface area contributed by atoms with Gasteiger partial charge in [-0.2, -0.15) is 9.29 Å². The lowest BCUT2D eigenvalue weighted by Gasteiger charge is -2.32. The van der Waals surface area contributed by atoms with E-state index >= 15 is 0 Å². The Labute approximate surface area is 224 Å². The summed E-state index contributed by atoms with van der Waals surface area (Å²) < 4.78 is 41.0. The van der Waals surface area contributed by atoms with Crippen LogP contribution in [0.1, 0.15) is 51.7 Å². The largest absolute Gasteiger partial charge is 0.494 e. The van der Waals surface area contributed by atoms with Crippen LogP contribution in [0.3, 0.4) is 0 Å². The lowest BCUT2D eigenvalue weighted by atomic mass is 9.79. The number of aromatic nitrogens is 3. The SMILES string of the molecule is Cn1nc(-c2ccc3c(c2)CCN(S(=O)(=O)C2CC2)C3)nc1Nc1ccc(B2OC(C)(C)C(C)(C)O2)cc1. The fourth-order valence-electron chi connectivity index (χ4n) is 4.91. The quantitative estimate of drug-likeness (QED) is 0.484. The van der Waals surface area contributed by atoms with Gasteiger partial charge in [0, 0.05) is 31.4 Å². The smallest absolute Gasteiger partial charge is 0.399 e. The van der Waals surface area contributed by atoms with Crippen molar-refractivity contribution in [1.29, 1.82) is 0 Å². The summed E-state index contributed by atoms with van der Waals surface area (Å²) in [5.74, 6) is 1.25. The van der Waals surface area contributed by atoms with E-state index in [0.717, 1.165) is 40.7 Å². The van der Waals surface area contributed by atoms with Crippen molar-refractivity contribution in [2.24, 2.45) is 7.05 Å². The number of hydrogen-bond acceptors (Lipinski definition) is 7. The van der Waals surface area contributed by atoms with Gasteiger partial charge in [-0.15, -0.1) is 5.10 Å². The molecule has 1 saturated carbocycles. The van der Waals surface area contributed by atoms with Gasteiger partial charge in [0.25, 0.3) is 0 Å². The van der Waals surface area contributed by atoms with Crippen molar-refractivity contribution >= 4 is 34.2 Å². The highest BCUT2D eigenvalue weighted by molar-refractivity contribution is 7.90. The summed E-state index contributed by atoms with van der Waals surface area (Å²) in [4.78, 5) is 4.73. The normalized spacial score (nSPS) is 20.9. The van der Waals surface area contributed by atoms with E-state index < -0.39 is 17.1 Å². The Kier molecular flexibility index (Phi) is 5.99. The molecule has 3 aromatic rings. The Balaban J connectivity index is 1.15. The number of nitrogens with one attached hydrogen (secondary N) is 1. The average Bonchev–Trinajstić information content (AvgIpc) is 3.64. The maximum absolute atomic E-state index is 12.7. The molecule has 2 fully saturated rings. The Morgan fingerprint density at radius 1 is 1.00 bits per heavy atom. The second-order valence-corrected chi connectivity index (χ2v) is 13.7. The van der Waals surface area contributed by atoms with Gasteiger partial charge in [0.15, 0.2) is 5.82 Å². The molecule has 9 nitrogen and oxygen atoms in total. The maximum Gasteiger partial charge on any atom is 0.494 e. The number of rotatable bonds is 6. The van der Waals surface area contributed by atoms with E-state index in [-0.39, 0.29) is 16.5 Å². The molecular formula is C27H34BN5O4S. The fraction of sp³-hybridized carbons (Fsp3) is 0.481. The van der Waals surface area contributed by atoms with Gasteiger partial charge in [-0.3, -0.25) is 0 Å². The summed E-state index contributed by atoms with van der Waals surface area (Å²) in [5.41, 5.74) is 4.22. The molecule has 11 heteroatoms. The first-order chi connectivity index (χ1) is 17.9. The molecule has 2 aliphatic heterocycles. The van der Waals surface area contributed by atoms with Gasteiger partial charge in [0.2, 0.25) is 16.0 Å². The highest BCUT2D eigenvalue weighted by atomic mass is 32.2. The van der Waals surface area contributed by atoms with Gasteiger partial charge in [-0.1, -0.05) is 24.3 Å². The van der Waals surface area contributed by atoms with Crippen LogP contribution >= 0.6 is 0 Å². The van der Waals surface area contributed by atoms with Crippen molar-refractivity contribution in [2.75, 3.05) is 11.9 Å². The van der Waals surface area contributed by atoms with Gasteiger partial charge in [0.05, 0.1) is 16.5 Å². The molecule has 1 aromatic heterocycles. The van der Waals surface area contributed by atoms with Crippen LogP contribution in [-0.4, -0.2) is 57.6 Å². The molecule has 0 amide bonds. The van der Waals surface area contributed by atoms with E-state index in [1.54, 1.807) is 8.99 Å². The molecular weight excluding hydrogens is 501 g/mol. The predicted molar refractivity (Wildman–Crippen MR) is 148 cm³/mol. The minimum absolute atomic E-state index is 0.174. The summed E-state index contributed by atoms with van der Waals surface area (Å²) in [7, 11) is -1.71. The van der Waals surface area contributed by atoms with Gasteiger partial charge in [0.1, 0.15) is 0 Å². The van der Waals surface area contributed by atoms with Crippen molar-refractivity contribution in [3.8, 4) is 11.4 Å². The third-order valence-electron chi connectivity index (χ3n) is 8.20. The number of nitrogens with zero attached hydrogens (tertiary/aromatic N) is 4. The van der Waals surface area contributed by atoms with Crippen LogP contribution in [0.4, 0.5) is 11.6 Å². The van der Waals surface area contributed by atoms with Gasteiger partial charge in [-0.25, -0.2) is 13.1 Å². The molecule has 1 N–H and O–H groups in total. The number of aryl methyl sites for hydroxylation is 1. The molecule has 38 heavy (non-hydrogen) atoms. The molecule has 1 aliphatic carbocycles. The average molecular weight is 535 g/mol. The minimum atomic E-state index is -3.16. The molecule has 1 saturated heterocycles. The summed E-state index contributed by atoms with van der Waals surface area (Å²) in [5, 5.41) is 7.79. The standard InChI is InChI=1S/C27H34BN5O4S/c1-26(2)27(3,4)37-28(36-26)21-8-10-22(11-9-21)29-25-30-24(31-32(25)5)19-6-7-20-17-33(15-14-18(20)16-19)38(34,35)23-12-13-23/h6-11,16,23H,12-15,17H2,1-5H3,(H,29,30,31). The first-order valence-corrected chi connectivity index (χ1v) is 14.7. The van der Waals surface area contributed by atoms with Crippen LogP contribution in [0.15, 0.2) is 42.5 Å². The van der Waals surface area contributed by atoms with E-state index in [1.165, 1.54) is 0 Å². The number of fused-ring (bicyclic) bond motifs is 1. The molecule has 3 aliphatic rings. The molecule has 200 valence electrons. The van der Waals surface area contributed by atoms with E-state index in [2.05, 4.69) is 16.5 Å². The van der Waals surface area contributed by atoms with Crippen LogP contribution in [-0.2, 0) is 39.3 Å². The molecule has 2 aromatic carbocycles. The monoisotopic (exact) mass is 535 g/mol. The van der Waals surface area contributed by atoms with Crippen LogP contribution in [0.5, 0.6) is 0 Å². The lowest BCUT2D eigenvalue weighted by Crippen LogP contribution is -2.41. The molecule has 0 unspecified atom stereocenters. The number of hydrogen-bond donors (Lipinski definition) is 1. The van der Waals surface area contributed by atoms with Crippen LogP contribution in [0.2, 0.25) is 0 Å². The highest BCUT2D eigenvalue weighted by Gasteiger charge is 2.51. The van der Waals surface area contributed by atoms with Crippen molar-refractivity contribution < 1.29 is 17.7 Å². The number of anilines is 2. The molecule has 0 radical (unpaired) electrons. The lowest BCUT2D eigenvalue weighted by molar-refractivity contribution is 0.00578. The predicted octanol–water partition coefficient (Wildman–Crippen LogP) is 3.38. The summed E-state index contributed by atoms with van der Waals surface area (Å²) in [6, 6.07) is 14.0. The Hall–Kier alpha value is -2.73. The van der Waals surface area contributed by atoms with Crippen molar-refractivity contribution in [3.63, 3.8) is 0 Å². The topological polar surface area (TPSA) is 98.6 Å². The first kappa shape index (κ1) is 25.5. The Morgan fingerprint density at radius 3 is 2.34 bits per heavy atom. The van der Waals surface area contributed by atoms with E-state index in [4.69, 9.17) is 14.3 Å². The third kappa shape index (κ3) is 4.55. The Morgan fingerprint density at radius 2 is 1.68 bits per heavy atom. The Bertz CT molecular complexity index is 1470. The van der Waals surface area contributed by atoms with Gasteiger partial charge < -0.3 is 14.6 Å². The minimum Gasteiger partial charge on any atom is -0.399 e. The maximum atomic E-state index is 12.7. The van der Waals surface area contributed by atoms with Gasteiger partial charge in [-0.05, 0) is 81.7 Å². The van der Waals surface area contributed by atoms with E-state index in [0.29, 0.717) is 31.3 Å². The molecule has 3 heterocycles. The van der Waals surface area contributed by atoms with Gasteiger partial charge >= 0.3 is 7.12 Å². The molecule has 6 rings (SSSR count). The second-order valence-electron chi connectivity index (χ2n) is 11.5. The van der Waals surface area contributed by atoms with Crippen molar-refractivity contribution in [3.05, 3.63) is 53.6 Å². The molecule has 0 spiro atoms. The van der Waals surface area contributed by atoms with Crippen molar-refractivity contribution in [2.45, 2.75) is 70.0 Å². The van der Waals surface area contributed by atoms with Crippen LogP contribution in [0, 0.1) is 0 Å². The molecule has 0 bridgehead atoms. The fourth-order valence-corrected chi connectivity index (χ4v) is 6.73. The van der Waals surface area contributed by atoms with Crippen molar-refractivity contribution in [1.82, 2.24) is 19.1 Å². The zero-order valence-corrected chi connectivity index (χ0v) is 23.4. The zero-order valence-electron chi connectivity index (χ0n) is 22.6. The summed E-state index contributed by atoms with van der Waals surface area (Å²) in [6.07, 6.45) is 2.27. The third-order valence-corrected chi connectivity index (χ3v) is 10.5. The number of sulfonamides is 1. The van der Waals surface area contributed by atoms with Crippen LogP contribution in [0.25, 0.3) is 11.4 Å². The zero-order chi connectivity index (χ0) is 26.9. The molecule has 0 atom stereocenters. The summed E-state index contributed by atoms with van der Waals surface area (Å²) >= 11 is 0. The first-order valence-electron chi connectivity index (χ1n) is 13.2. The van der Waals surface area contributed by atoms with E-state index in [1.807, 2.05) is 71.1 Å². The van der Waals surface area contributed by atoms with Crippen LogP contribution < -0.4 is 10.8 Å². The van der Waals surface area contributed by atoms with E-state index in [9.17, 15) is 8.42 Å². The number of benzene rings is 2. The highest BCUT2D eigenvalue weighted by Crippen LogP contribution is 2.37. The summed E-state index contributed by atoms with van der Waals surface area (Å²) in [6.45, 7) is 9.16. The second kappa shape index (κ2) is 8.91.